The predicted octanol–water partition coefficient (Wildman–Crippen LogP) is 5.11. The van der Waals surface area contributed by atoms with Crippen LogP contribution in [0, 0.1) is 0 Å². The highest BCUT2D eigenvalue weighted by Gasteiger charge is 2.53. The fourth-order valence-electron chi connectivity index (χ4n) is 3.76. The van der Waals surface area contributed by atoms with Gasteiger partial charge in [0.05, 0.1) is 8.80 Å². The average molecular weight is 368 g/mol. The summed E-state index contributed by atoms with van der Waals surface area (Å²) < 4.78 is 34.4. The fourth-order valence-corrected chi connectivity index (χ4v) is 10.8. The molecule has 24 heavy (non-hydrogen) atoms. The molecule has 3 nitrogen and oxygen atoms in total. The van der Waals surface area contributed by atoms with E-state index in [1.165, 1.54) is 6.08 Å². The molecule has 1 unspecified atom stereocenters. The lowest BCUT2D eigenvalue weighted by Crippen LogP contribution is -2.52. The molecule has 5 heteroatoms. The Bertz CT molecular complexity index is 679. The first-order chi connectivity index (χ1) is 10.8. The molecule has 0 fully saturated rings. The molecular weight excluding hydrogens is 336 g/mol. The first-order valence-electron chi connectivity index (χ1n) is 8.38. The third-order valence-electron chi connectivity index (χ3n) is 4.50. The molecule has 1 aromatic rings. The molecule has 0 saturated heterocycles. The topological polar surface area (TPSA) is 54.4 Å². The van der Waals surface area contributed by atoms with Gasteiger partial charge in [-0.2, -0.15) is 8.42 Å². The van der Waals surface area contributed by atoms with Crippen molar-refractivity contribution in [2.24, 2.45) is 0 Å². The summed E-state index contributed by atoms with van der Waals surface area (Å²) in [6, 6.07) is 7.55. The normalized spacial score (nSPS) is 15.8. The largest absolute Gasteiger partial charge is 0.285 e. The molecule has 0 spiro atoms. The van der Waals surface area contributed by atoms with Crippen molar-refractivity contribution in [3.8, 4) is 0 Å². The maximum atomic E-state index is 12.7. The molecule has 0 aromatic heterocycles. The van der Waals surface area contributed by atoms with Crippen LogP contribution in [-0.2, 0) is 19.9 Å². The number of rotatable bonds is 6. The minimum atomic E-state index is -4.37. The number of benzene rings is 1. The van der Waals surface area contributed by atoms with Crippen molar-refractivity contribution in [2.75, 3.05) is 0 Å². The van der Waals surface area contributed by atoms with E-state index < -0.39 is 23.3 Å². The van der Waals surface area contributed by atoms with E-state index in [0.717, 1.165) is 5.56 Å². The molecule has 1 N–H and O–H groups in total. The van der Waals surface area contributed by atoms with Crippen LogP contribution in [0.25, 0.3) is 0 Å². The monoisotopic (exact) mass is 367 g/mol. The van der Waals surface area contributed by atoms with Gasteiger partial charge in [0.15, 0.2) is 0 Å². The second kappa shape index (κ2) is 7.14. The molecule has 0 aliphatic rings. The Morgan fingerprint density at radius 2 is 1.46 bits per heavy atom. The SMILES string of the molecule is C=CC(c1ccccc1C(C)(C)C)([Si](C(C)C)C(C)C)S(=O)(=O)O. The Labute approximate surface area is 149 Å². The molecule has 1 rings (SSSR count). The molecule has 0 aliphatic heterocycles. The van der Waals surface area contributed by atoms with Crippen LogP contribution in [0.3, 0.4) is 0 Å². The van der Waals surface area contributed by atoms with E-state index in [2.05, 4.69) is 27.4 Å². The zero-order valence-corrected chi connectivity index (χ0v) is 17.7. The standard InChI is InChI=1S/C19H31O3SSi/c1-9-19(23(20,21)22,24(14(2)3)15(4)5)17-13-11-10-12-16(17)18(6,7)8/h9-15H,1H2,2-8H3,(H,20,21,22). The van der Waals surface area contributed by atoms with Crippen molar-refractivity contribution in [1.29, 1.82) is 0 Å². The van der Waals surface area contributed by atoms with Crippen LogP contribution in [-0.4, -0.2) is 21.8 Å². The van der Waals surface area contributed by atoms with E-state index in [4.69, 9.17) is 0 Å². The Balaban J connectivity index is 3.99. The van der Waals surface area contributed by atoms with E-state index in [0.29, 0.717) is 5.56 Å². The smallest absolute Gasteiger partial charge is 0.275 e. The van der Waals surface area contributed by atoms with Gasteiger partial charge in [-0.25, -0.2) is 0 Å². The van der Waals surface area contributed by atoms with Crippen molar-refractivity contribution in [3.05, 3.63) is 48.0 Å². The molecular formula is C19H31O3SSi. The van der Waals surface area contributed by atoms with Gasteiger partial charge in [0, 0.05) is 0 Å². The second-order valence-electron chi connectivity index (χ2n) is 7.98. The number of hydrogen-bond donors (Lipinski definition) is 1. The summed E-state index contributed by atoms with van der Waals surface area (Å²) in [5.74, 6) is 0. The first kappa shape index (κ1) is 21.1. The van der Waals surface area contributed by atoms with E-state index in [1.54, 1.807) is 0 Å². The lowest BCUT2D eigenvalue weighted by molar-refractivity contribution is 0.465. The van der Waals surface area contributed by atoms with Gasteiger partial charge in [-0.05, 0) is 16.5 Å². The van der Waals surface area contributed by atoms with Gasteiger partial charge in [0.2, 0.25) is 0 Å². The molecule has 1 radical (unpaired) electrons. The van der Waals surface area contributed by atoms with Crippen molar-refractivity contribution in [1.82, 2.24) is 0 Å². The lowest BCUT2D eigenvalue weighted by atomic mass is 9.82. The maximum absolute atomic E-state index is 12.7. The van der Waals surface area contributed by atoms with Crippen molar-refractivity contribution < 1.29 is 13.0 Å². The molecule has 135 valence electrons. The van der Waals surface area contributed by atoms with Crippen molar-refractivity contribution in [3.63, 3.8) is 0 Å². The van der Waals surface area contributed by atoms with Gasteiger partial charge in [0.25, 0.3) is 10.1 Å². The zero-order valence-electron chi connectivity index (χ0n) is 15.9. The highest BCUT2D eigenvalue weighted by atomic mass is 32.2. The van der Waals surface area contributed by atoms with Crippen LogP contribution < -0.4 is 0 Å². The molecule has 0 saturated carbocycles. The molecule has 1 atom stereocenters. The summed E-state index contributed by atoms with van der Waals surface area (Å²) in [5, 5.41) is 0. The maximum Gasteiger partial charge on any atom is 0.275 e. The Morgan fingerprint density at radius 1 is 1.04 bits per heavy atom. The van der Waals surface area contributed by atoms with Crippen LogP contribution in [0.5, 0.6) is 0 Å². The van der Waals surface area contributed by atoms with E-state index in [1.807, 2.05) is 52.0 Å². The van der Waals surface area contributed by atoms with Gasteiger partial charge >= 0.3 is 0 Å². The zero-order chi connectivity index (χ0) is 18.9. The highest BCUT2D eigenvalue weighted by molar-refractivity contribution is 7.88. The van der Waals surface area contributed by atoms with Gasteiger partial charge in [-0.15, -0.1) is 6.58 Å². The second-order valence-corrected chi connectivity index (χ2v) is 13.9. The van der Waals surface area contributed by atoms with Crippen LogP contribution >= 0.6 is 0 Å². The quantitative estimate of drug-likeness (QED) is 0.432. The minimum absolute atomic E-state index is 0.156. The third kappa shape index (κ3) is 3.68. The predicted molar refractivity (Wildman–Crippen MR) is 105 cm³/mol. The Morgan fingerprint density at radius 3 is 1.75 bits per heavy atom. The van der Waals surface area contributed by atoms with Gasteiger partial charge in [-0.3, -0.25) is 4.55 Å². The van der Waals surface area contributed by atoms with Crippen molar-refractivity contribution >= 4 is 18.9 Å². The van der Waals surface area contributed by atoms with Crippen molar-refractivity contribution in [2.45, 2.75) is 69.3 Å². The van der Waals surface area contributed by atoms with Crippen LogP contribution in [0.2, 0.25) is 11.1 Å². The number of hydrogen-bond acceptors (Lipinski definition) is 2. The summed E-state index contributed by atoms with van der Waals surface area (Å²) in [5.41, 5.74) is 1.68. The summed E-state index contributed by atoms with van der Waals surface area (Å²) in [6.45, 7) is 18.2. The molecule has 1 aromatic carbocycles. The van der Waals surface area contributed by atoms with Gasteiger partial charge in [0.1, 0.15) is 4.37 Å². The van der Waals surface area contributed by atoms with E-state index in [9.17, 15) is 13.0 Å². The average Bonchev–Trinajstić information content (AvgIpc) is 2.41. The Kier molecular flexibility index (Phi) is 6.29. The molecule has 0 amide bonds. The van der Waals surface area contributed by atoms with Gasteiger partial charge in [-0.1, -0.05) is 89.9 Å². The highest BCUT2D eigenvalue weighted by Crippen LogP contribution is 2.46. The summed E-state index contributed by atoms with van der Waals surface area (Å²) >= 11 is 0. The van der Waals surface area contributed by atoms with Gasteiger partial charge < -0.3 is 0 Å². The molecule has 0 aliphatic carbocycles. The fraction of sp³-hybridized carbons (Fsp3) is 0.579. The lowest BCUT2D eigenvalue weighted by Gasteiger charge is -2.42. The molecule has 0 heterocycles. The van der Waals surface area contributed by atoms with E-state index >= 15 is 0 Å². The minimum Gasteiger partial charge on any atom is -0.285 e. The van der Waals surface area contributed by atoms with E-state index in [-0.39, 0.29) is 16.5 Å². The van der Waals surface area contributed by atoms with Crippen LogP contribution in [0.15, 0.2) is 36.9 Å². The summed E-state index contributed by atoms with van der Waals surface area (Å²) in [6.07, 6.45) is 1.47. The third-order valence-corrected chi connectivity index (χ3v) is 11.0. The van der Waals surface area contributed by atoms with Crippen LogP contribution in [0.4, 0.5) is 0 Å². The molecule has 0 bridgehead atoms. The van der Waals surface area contributed by atoms with Crippen LogP contribution in [0.1, 0.15) is 59.6 Å². The summed E-state index contributed by atoms with van der Waals surface area (Å²) in [4.78, 5) is 0. The Hall–Kier alpha value is -0.913. The first-order valence-corrected chi connectivity index (χ1v) is 11.5. The summed E-state index contributed by atoms with van der Waals surface area (Å²) in [7, 11) is -5.95.